The Hall–Kier alpha value is -2.46. The van der Waals surface area contributed by atoms with Gasteiger partial charge < -0.3 is 20.1 Å². The molecule has 0 saturated heterocycles. The first-order chi connectivity index (χ1) is 16.8. The van der Waals surface area contributed by atoms with Crippen LogP contribution in [-0.2, 0) is 15.0 Å². The molecule has 0 radical (unpaired) electrons. The smallest absolute Gasteiger partial charge is 0.348 e. The van der Waals surface area contributed by atoms with E-state index in [0.29, 0.717) is 31.9 Å². The van der Waals surface area contributed by atoms with Crippen LogP contribution in [0.1, 0.15) is 78.0 Å². The minimum absolute atomic E-state index is 0.139. The molecule has 4 aliphatic rings. The fraction of sp³-hybridized carbons (Fsp3) is 0.600. The Bertz CT molecular complexity index is 1120. The van der Waals surface area contributed by atoms with Crippen molar-refractivity contribution < 1.29 is 19.1 Å². The SMILES string of the molecule is CCOC(=O)c1sc(NC(=S)Nc2ccn(C34CC5CC(CC(C5)C3)C4)n2)c(C(=O)OCC)c1C. The monoisotopic (exact) mass is 516 g/mol. The van der Waals surface area contributed by atoms with E-state index in [0.717, 1.165) is 29.1 Å². The number of thiocarbonyl (C=S) groups is 1. The Morgan fingerprint density at radius 2 is 1.69 bits per heavy atom. The van der Waals surface area contributed by atoms with Crippen LogP contribution < -0.4 is 10.6 Å². The summed E-state index contributed by atoms with van der Waals surface area (Å²) in [5, 5.41) is 11.8. The molecule has 0 aliphatic heterocycles. The zero-order valence-corrected chi connectivity index (χ0v) is 22.0. The lowest BCUT2D eigenvalue weighted by Gasteiger charge is -2.56. The van der Waals surface area contributed by atoms with E-state index in [1.165, 1.54) is 38.5 Å². The number of carbonyl (C=O) groups excluding carboxylic acids is 2. The summed E-state index contributed by atoms with van der Waals surface area (Å²) in [5.74, 6) is 2.19. The molecule has 0 aromatic carbocycles. The first kappa shape index (κ1) is 24.2. The molecular formula is C25H32N4O4S2. The lowest BCUT2D eigenvalue weighted by molar-refractivity contribution is -0.0492. The third kappa shape index (κ3) is 4.58. The normalized spacial score (nSPS) is 26.4. The maximum atomic E-state index is 12.6. The summed E-state index contributed by atoms with van der Waals surface area (Å²) >= 11 is 6.67. The highest BCUT2D eigenvalue weighted by molar-refractivity contribution is 7.80. The van der Waals surface area contributed by atoms with Crippen LogP contribution in [0, 0.1) is 24.7 Å². The van der Waals surface area contributed by atoms with Crippen LogP contribution in [0.2, 0.25) is 0 Å². The maximum absolute atomic E-state index is 12.6. The second-order valence-corrected chi connectivity index (χ2v) is 11.5. The molecule has 2 heterocycles. The standard InChI is InChI=1S/C25H32N4O4S2/c1-4-32-22(30)19-14(3)20(23(31)33-5-2)35-21(19)27-24(34)26-18-6-7-29(28-18)25-11-15-8-16(12-25)10-17(9-15)13-25/h6-7,15-17H,4-5,8-13H2,1-3H3,(H2,26,27,28,34). The summed E-state index contributed by atoms with van der Waals surface area (Å²) in [4.78, 5) is 25.4. The second kappa shape index (κ2) is 9.54. The zero-order valence-electron chi connectivity index (χ0n) is 20.4. The highest BCUT2D eigenvalue weighted by atomic mass is 32.1. The van der Waals surface area contributed by atoms with Crippen LogP contribution in [-0.4, -0.2) is 40.0 Å². The Morgan fingerprint density at radius 1 is 1.09 bits per heavy atom. The van der Waals surface area contributed by atoms with Gasteiger partial charge in [0.25, 0.3) is 0 Å². The summed E-state index contributed by atoms with van der Waals surface area (Å²) in [7, 11) is 0. The van der Waals surface area contributed by atoms with E-state index in [9.17, 15) is 9.59 Å². The molecule has 10 heteroatoms. The van der Waals surface area contributed by atoms with Gasteiger partial charge >= 0.3 is 11.9 Å². The number of rotatable bonds is 7. The van der Waals surface area contributed by atoms with E-state index in [1.54, 1.807) is 20.8 Å². The van der Waals surface area contributed by atoms with Crippen LogP contribution in [0.3, 0.4) is 0 Å². The highest BCUT2D eigenvalue weighted by Gasteiger charge is 2.52. The average molecular weight is 517 g/mol. The molecule has 2 aromatic rings. The lowest BCUT2D eigenvalue weighted by Crippen LogP contribution is -2.52. The van der Waals surface area contributed by atoms with Gasteiger partial charge in [-0.15, -0.1) is 11.3 Å². The average Bonchev–Trinajstić information content (AvgIpc) is 3.38. The third-order valence-corrected chi connectivity index (χ3v) is 9.03. The summed E-state index contributed by atoms with van der Waals surface area (Å²) in [5.41, 5.74) is 0.951. The molecule has 35 heavy (non-hydrogen) atoms. The lowest BCUT2D eigenvalue weighted by atomic mass is 9.53. The number of thiophene rings is 1. The van der Waals surface area contributed by atoms with Gasteiger partial charge in [0.15, 0.2) is 10.9 Å². The van der Waals surface area contributed by atoms with Gasteiger partial charge in [-0.05, 0) is 94.8 Å². The highest BCUT2D eigenvalue weighted by Crippen LogP contribution is 2.58. The third-order valence-electron chi connectivity index (χ3n) is 7.64. The largest absolute Gasteiger partial charge is 0.462 e. The first-order valence-corrected chi connectivity index (χ1v) is 13.7. The number of nitrogens with zero attached hydrogens (tertiary/aromatic N) is 2. The Labute approximate surface area is 214 Å². The minimum Gasteiger partial charge on any atom is -0.462 e. The summed E-state index contributed by atoms with van der Waals surface area (Å²) in [6, 6.07) is 1.95. The van der Waals surface area contributed by atoms with Crippen LogP contribution in [0.5, 0.6) is 0 Å². The summed E-state index contributed by atoms with van der Waals surface area (Å²) < 4.78 is 12.5. The molecule has 0 amide bonds. The van der Waals surface area contributed by atoms with Gasteiger partial charge in [-0.1, -0.05) is 0 Å². The van der Waals surface area contributed by atoms with Gasteiger partial charge in [-0.2, -0.15) is 5.10 Å². The Kier molecular flexibility index (Phi) is 6.61. The van der Waals surface area contributed by atoms with E-state index >= 15 is 0 Å². The van der Waals surface area contributed by atoms with E-state index < -0.39 is 11.9 Å². The second-order valence-electron chi connectivity index (χ2n) is 10.1. The van der Waals surface area contributed by atoms with Crippen molar-refractivity contribution in [1.29, 1.82) is 0 Å². The van der Waals surface area contributed by atoms with Crippen molar-refractivity contribution in [3.63, 3.8) is 0 Å². The number of carbonyl (C=O) groups is 2. The van der Waals surface area contributed by atoms with Gasteiger partial charge in [-0.3, -0.25) is 4.68 Å². The van der Waals surface area contributed by atoms with Crippen LogP contribution >= 0.6 is 23.6 Å². The van der Waals surface area contributed by atoms with Crippen molar-refractivity contribution in [3.8, 4) is 0 Å². The molecule has 4 aliphatic carbocycles. The molecule has 6 rings (SSSR count). The van der Waals surface area contributed by atoms with Gasteiger partial charge in [-0.25, -0.2) is 9.59 Å². The molecule has 4 bridgehead atoms. The van der Waals surface area contributed by atoms with Gasteiger partial charge in [0.05, 0.1) is 24.3 Å². The maximum Gasteiger partial charge on any atom is 0.348 e. The molecular weight excluding hydrogens is 484 g/mol. The first-order valence-electron chi connectivity index (χ1n) is 12.4. The van der Waals surface area contributed by atoms with E-state index in [4.69, 9.17) is 26.8 Å². The van der Waals surface area contributed by atoms with Gasteiger partial charge in [0.2, 0.25) is 0 Å². The van der Waals surface area contributed by atoms with E-state index in [-0.39, 0.29) is 18.8 Å². The predicted molar refractivity (Wildman–Crippen MR) is 139 cm³/mol. The van der Waals surface area contributed by atoms with Crippen LogP contribution in [0.25, 0.3) is 0 Å². The predicted octanol–water partition coefficient (Wildman–Crippen LogP) is 5.34. The van der Waals surface area contributed by atoms with Gasteiger partial charge in [0.1, 0.15) is 9.88 Å². The van der Waals surface area contributed by atoms with Gasteiger partial charge in [0, 0.05) is 12.3 Å². The molecule has 0 atom stereocenters. The summed E-state index contributed by atoms with van der Waals surface area (Å²) in [6.07, 6.45) is 9.88. The molecule has 4 fully saturated rings. The van der Waals surface area contributed by atoms with Crippen molar-refractivity contribution in [2.45, 2.75) is 64.8 Å². The Balaban J connectivity index is 1.32. The molecule has 0 unspecified atom stereocenters. The molecule has 2 N–H and O–H groups in total. The fourth-order valence-corrected chi connectivity index (χ4v) is 8.06. The summed E-state index contributed by atoms with van der Waals surface area (Å²) in [6.45, 7) is 5.68. The quantitative estimate of drug-likeness (QED) is 0.376. The van der Waals surface area contributed by atoms with Crippen molar-refractivity contribution in [1.82, 2.24) is 9.78 Å². The van der Waals surface area contributed by atoms with Crippen LogP contribution in [0.15, 0.2) is 12.3 Å². The molecule has 188 valence electrons. The number of ether oxygens (including phenoxy) is 2. The number of esters is 2. The molecule has 0 spiro atoms. The van der Waals surface area contributed by atoms with E-state index in [2.05, 4.69) is 21.5 Å². The van der Waals surface area contributed by atoms with Crippen molar-refractivity contribution in [2.24, 2.45) is 17.8 Å². The number of nitrogens with one attached hydrogen (secondary N) is 2. The number of aromatic nitrogens is 2. The fourth-order valence-electron chi connectivity index (χ4n) is 6.69. The number of anilines is 2. The number of hydrogen-bond donors (Lipinski definition) is 2. The molecule has 2 aromatic heterocycles. The number of hydrogen-bond acceptors (Lipinski definition) is 7. The van der Waals surface area contributed by atoms with Crippen molar-refractivity contribution >= 4 is 51.4 Å². The van der Waals surface area contributed by atoms with E-state index in [1.807, 2.05) is 6.07 Å². The van der Waals surface area contributed by atoms with Crippen LogP contribution in [0.4, 0.5) is 10.8 Å². The Morgan fingerprint density at radius 3 is 2.29 bits per heavy atom. The van der Waals surface area contributed by atoms with Crippen molar-refractivity contribution in [2.75, 3.05) is 23.8 Å². The zero-order chi connectivity index (χ0) is 24.7. The van der Waals surface area contributed by atoms with Crippen molar-refractivity contribution in [3.05, 3.63) is 28.3 Å². The topological polar surface area (TPSA) is 94.5 Å². The molecule has 4 saturated carbocycles. The molecule has 8 nitrogen and oxygen atoms in total. The minimum atomic E-state index is -0.506.